The van der Waals surface area contributed by atoms with Crippen LogP contribution in [0.2, 0.25) is 5.02 Å². The first-order valence-electron chi connectivity index (χ1n) is 5.29. The van der Waals surface area contributed by atoms with Crippen LogP contribution in [0.5, 0.6) is 5.75 Å². The van der Waals surface area contributed by atoms with Crippen molar-refractivity contribution in [2.24, 2.45) is 0 Å². The van der Waals surface area contributed by atoms with E-state index in [0.717, 1.165) is 5.56 Å². The molecular weight excluding hydrogens is 239 g/mol. The second-order valence-corrected chi connectivity index (χ2v) is 4.23. The summed E-state index contributed by atoms with van der Waals surface area (Å²) in [5, 5.41) is 0.0754. The third kappa shape index (κ3) is 2.98. The SMILES string of the molecule is Cc1ccc(COc2cccc(Cl)c2F)cc1. The van der Waals surface area contributed by atoms with Crippen molar-refractivity contribution in [2.75, 3.05) is 0 Å². The Morgan fingerprint density at radius 1 is 1.12 bits per heavy atom. The van der Waals surface area contributed by atoms with Gasteiger partial charge >= 0.3 is 0 Å². The van der Waals surface area contributed by atoms with Gasteiger partial charge in [0.05, 0.1) is 5.02 Å². The first-order valence-corrected chi connectivity index (χ1v) is 5.67. The van der Waals surface area contributed by atoms with Crippen molar-refractivity contribution in [3.05, 3.63) is 64.4 Å². The third-order valence-electron chi connectivity index (χ3n) is 2.43. The number of benzene rings is 2. The molecule has 3 heteroatoms. The van der Waals surface area contributed by atoms with Gasteiger partial charge in [-0.25, -0.2) is 4.39 Å². The summed E-state index contributed by atoms with van der Waals surface area (Å²) in [6.07, 6.45) is 0. The van der Waals surface area contributed by atoms with E-state index in [9.17, 15) is 4.39 Å². The summed E-state index contributed by atoms with van der Waals surface area (Å²) in [5.41, 5.74) is 2.18. The molecule has 17 heavy (non-hydrogen) atoms. The molecule has 0 aromatic heterocycles. The lowest BCUT2D eigenvalue weighted by Gasteiger charge is -2.08. The lowest BCUT2D eigenvalue weighted by Crippen LogP contribution is -1.97. The Hall–Kier alpha value is -1.54. The molecule has 0 heterocycles. The molecule has 2 rings (SSSR count). The second kappa shape index (κ2) is 5.19. The highest BCUT2D eigenvalue weighted by molar-refractivity contribution is 6.30. The van der Waals surface area contributed by atoms with Gasteiger partial charge in [-0.2, -0.15) is 0 Å². The summed E-state index contributed by atoms with van der Waals surface area (Å²) in [5.74, 6) is -0.334. The number of rotatable bonds is 3. The van der Waals surface area contributed by atoms with Gasteiger partial charge in [-0.3, -0.25) is 0 Å². The fraction of sp³-hybridized carbons (Fsp3) is 0.143. The predicted molar refractivity (Wildman–Crippen MR) is 66.9 cm³/mol. The molecule has 0 saturated carbocycles. The fourth-order valence-electron chi connectivity index (χ4n) is 1.44. The van der Waals surface area contributed by atoms with Gasteiger partial charge in [0, 0.05) is 0 Å². The van der Waals surface area contributed by atoms with Crippen molar-refractivity contribution in [2.45, 2.75) is 13.5 Å². The average Bonchev–Trinajstić information content (AvgIpc) is 2.33. The molecule has 0 unspecified atom stereocenters. The number of ether oxygens (including phenoxy) is 1. The minimum Gasteiger partial charge on any atom is -0.486 e. The highest BCUT2D eigenvalue weighted by atomic mass is 35.5. The highest BCUT2D eigenvalue weighted by Gasteiger charge is 2.07. The summed E-state index contributed by atoms with van der Waals surface area (Å²) in [6.45, 7) is 2.35. The van der Waals surface area contributed by atoms with Crippen LogP contribution in [0.15, 0.2) is 42.5 Å². The Morgan fingerprint density at radius 3 is 2.53 bits per heavy atom. The third-order valence-corrected chi connectivity index (χ3v) is 2.72. The quantitative estimate of drug-likeness (QED) is 0.786. The van der Waals surface area contributed by atoms with Crippen LogP contribution in [0, 0.1) is 12.7 Å². The molecule has 0 atom stereocenters. The van der Waals surface area contributed by atoms with E-state index in [-0.39, 0.29) is 10.8 Å². The van der Waals surface area contributed by atoms with Gasteiger partial charge in [-0.15, -0.1) is 0 Å². The van der Waals surface area contributed by atoms with E-state index < -0.39 is 5.82 Å². The first kappa shape index (κ1) is 11.9. The van der Waals surface area contributed by atoms with Crippen LogP contribution in [0.4, 0.5) is 4.39 Å². The monoisotopic (exact) mass is 250 g/mol. The maximum Gasteiger partial charge on any atom is 0.183 e. The van der Waals surface area contributed by atoms with Gasteiger partial charge < -0.3 is 4.74 Å². The summed E-state index contributed by atoms with van der Waals surface area (Å²) in [7, 11) is 0. The van der Waals surface area contributed by atoms with Gasteiger partial charge in [0.1, 0.15) is 6.61 Å². The molecule has 0 aliphatic rings. The summed E-state index contributed by atoms with van der Waals surface area (Å²) in [4.78, 5) is 0. The van der Waals surface area contributed by atoms with Crippen LogP contribution in [0.1, 0.15) is 11.1 Å². The van der Waals surface area contributed by atoms with E-state index in [2.05, 4.69) is 0 Å². The molecule has 88 valence electrons. The number of aryl methyl sites for hydroxylation is 1. The summed E-state index contributed by atoms with van der Waals surface area (Å²) in [6, 6.07) is 12.6. The van der Waals surface area contributed by atoms with Crippen molar-refractivity contribution in [3.63, 3.8) is 0 Å². The van der Waals surface area contributed by atoms with E-state index in [1.165, 1.54) is 11.6 Å². The molecule has 1 nitrogen and oxygen atoms in total. The molecule has 2 aromatic carbocycles. The van der Waals surface area contributed by atoms with Crippen LogP contribution in [-0.4, -0.2) is 0 Å². The zero-order valence-corrected chi connectivity index (χ0v) is 10.2. The fourth-order valence-corrected chi connectivity index (χ4v) is 1.61. The molecule has 0 aliphatic carbocycles. The molecule has 0 amide bonds. The van der Waals surface area contributed by atoms with Gasteiger partial charge in [-0.1, -0.05) is 47.5 Å². The van der Waals surface area contributed by atoms with Crippen molar-refractivity contribution in [3.8, 4) is 5.75 Å². The Morgan fingerprint density at radius 2 is 1.82 bits per heavy atom. The zero-order valence-electron chi connectivity index (χ0n) is 9.41. The van der Waals surface area contributed by atoms with Crippen LogP contribution < -0.4 is 4.74 Å². The summed E-state index contributed by atoms with van der Waals surface area (Å²) < 4.78 is 18.9. The highest BCUT2D eigenvalue weighted by Crippen LogP contribution is 2.24. The Kier molecular flexibility index (Phi) is 3.64. The first-order chi connectivity index (χ1) is 8.16. The molecule has 0 saturated heterocycles. The maximum atomic E-state index is 13.5. The molecule has 0 radical (unpaired) electrons. The van der Waals surface area contributed by atoms with E-state index in [4.69, 9.17) is 16.3 Å². The number of halogens is 2. The predicted octanol–water partition coefficient (Wildman–Crippen LogP) is 4.37. The van der Waals surface area contributed by atoms with E-state index >= 15 is 0 Å². The minimum absolute atomic E-state index is 0.0754. The van der Waals surface area contributed by atoms with Gasteiger partial charge in [0.15, 0.2) is 11.6 Å². The van der Waals surface area contributed by atoms with Gasteiger partial charge in [0.2, 0.25) is 0 Å². The second-order valence-electron chi connectivity index (χ2n) is 3.83. The van der Waals surface area contributed by atoms with Crippen molar-refractivity contribution >= 4 is 11.6 Å². The topological polar surface area (TPSA) is 9.23 Å². The number of hydrogen-bond donors (Lipinski definition) is 0. The van der Waals surface area contributed by atoms with Crippen LogP contribution in [-0.2, 0) is 6.61 Å². The molecular formula is C14H12ClFO. The van der Waals surface area contributed by atoms with Crippen molar-refractivity contribution in [1.29, 1.82) is 0 Å². The van der Waals surface area contributed by atoms with Crippen LogP contribution in [0.3, 0.4) is 0 Å². The molecule has 0 spiro atoms. The largest absolute Gasteiger partial charge is 0.486 e. The van der Waals surface area contributed by atoms with Gasteiger partial charge in [0.25, 0.3) is 0 Å². The van der Waals surface area contributed by atoms with Crippen LogP contribution >= 0.6 is 11.6 Å². The molecule has 0 N–H and O–H groups in total. The average molecular weight is 251 g/mol. The molecule has 0 bridgehead atoms. The van der Waals surface area contributed by atoms with E-state index in [1.807, 2.05) is 31.2 Å². The zero-order chi connectivity index (χ0) is 12.3. The van der Waals surface area contributed by atoms with Crippen molar-refractivity contribution < 1.29 is 9.13 Å². The standard InChI is InChI=1S/C14H12ClFO/c1-10-5-7-11(8-6-10)9-17-13-4-2-3-12(15)14(13)16/h2-8H,9H2,1H3. The maximum absolute atomic E-state index is 13.5. The minimum atomic E-state index is -0.513. The van der Waals surface area contributed by atoms with Crippen molar-refractivity contribution in [1.82, 2.24) is 0 Å². The van der Waals surface area contributed by atoms with E-state index in [1.54, 1.807) is 12.1 Å². The smallest absolute Gasteiger partial charge is 0.183 e. The van der Waals surface area contributed by atoms with Gasteiger partial charge in [-0.05, 0) is 24.6 Å². The normalized spacial score (nSPS) is 10.3. The van der Waals surface area contributed by atoms with Crippen LogP contribution in [0.25, 0.3) is 0 Å². The molecule has 0 fully saturated rings. The molecule has 0 aliphatic heterocycles. The molecule has 2 aromatic rings. The Labute approximate surface area is 105 Å². The van der Waals surface area contributed by atoms with E-state index in [0.29, 0.717) is 6.61 Å². The Balaban J connectivity index is 2.07. The number of hydrogen-bond acceptors (Lipinski definition) is 1. The summed E-state index contributed by atoms with van der Waals surface area (Å²) >= 11 is 5.66. The Bertz CT molecular complexity index is 508. The lowest BCUT2D eigenvalue weighted by atomic mass is 10.2. The lowest BCUT2D eigenvalue weighted by molar-refractivity contribution is 0.290.